The second kappa shape index (κ2) is 47.8. The summed E-state index contributed by atoms with van der Waals surface area (Å²) in [4.78, 5) is 50.8. The summed E-state index contributed by atoms with van der Waals surface area (Å²) in [6.07, 6.45) is 54.8. The molecule has 0 aromatic rings. The molecule has 12 nitrogen and oxygen atoms in total. The minimum Gasteiger partial charge on any atom is -0.479 e. The van der Waals surface area contributed by atoms with Crippen LogP contribution in [0, 0.1) is 0 Å². The zero-order valence-corrected chi connectivity index (χ0v) is 44.6. The van der Waals surface area contributed by atoms with E-state index in [2.05, 4.69) is 112 Å². The summed E-state index contributed by atoms with van der Waals surface area (Å²) >= 11 is 0. The predicted octanol–water partition coefficient (Wildman–Crippen LogP) is 13.4. The molecule has 0 saturated carbocycles. The number of carbonyl (C=O) groups is 4. The first-order valence-corrected chi connectivity index (χ1v) is 27.2. The van der Waals surface area contributed by atoms with E-state index in [1.807, 2.05) is 36.5 Å². The summed E-state index contributed by atoms with van der Waals surface area (Å²) in [5.41, 5.74) is 0. The van der Waals surface area contributed by atoms with Crippen molar-refractivity contribution < 1.29 is 58.2 Å². The third-order valence-corrected chi connectivity index (χ3v) is 11.3. The number of carboxylic acids is 1. The molecule has 6 unspecified atom stereocenters. The molecule has 0 aromatic carbocycles. The minimum atomic E-state index is -1.94. The van der Waals surface area contributed by atoms with Gasteiger partial charge in [-0.1, -0.05) is 206 Å². The number of carbonyl (C=O) groups excluding carboxylic acids is 3. The van der Waals surface area contributed by atoms with Crippen LogP contribution < -0.4 is 0 Å². The van der Waals surface area contributed by atoms with Gasteiger partial charge in [-0.05, 0) is 83.5 Å². The number of aliphatic carboxylic acids is 1. The van der Waals surface area contributed by atoms with Crippen LogP contribution in [-0.4, -0.2) is 89.2 Å². The fraction of sp³-hybridized carbons (Fsp3) is 0.574. The van der Waals surface area contributed by atoms with E-state index in [4.69, 9.17) is 23.7 Å². The summed E-state index contributed by atoms with van der Waals surface area (Å²) in [5.74, 6) is -3.42. The second-order valence-corrected chi connectivity index (χ2v) is 17.8. The molecule has 1 aliphatic heterocycles. The Bertz CT molecular complexity index is 1780. The van der Waals surface area contributed by atoms with Crippen LogP contribution in [0.5, 0.6) is 0 Å². The quantitative estimate of drug-likeness (QED) is 0.0228. The maximum Gasteiger partial charge on any atom is 0.335 e. The number of aliphatic hydroxyl groups excluding tert-OH is 2. The van der Waals surface area contributed by atoms with Gasteiger partial charge in [0.05, 0.1) is 13.0 Å². The van der Waals surface area contributed by atoms with Gasteiger partial charge in [0, 0.05) is 12.8 Å². The molecule has 1 heterocycles. The largest absolute Gasteiger partial charge is 0.479 e. The van der Waals surface area contributed by atoms with E-state index in [1.165, 1.54) is 25.7 Å². The molecule has 6 atom stereocenters. The van der Waals surface area contributed by atoms with Crippen molar-refractivity contribution in [3.63, 3.8) is 0 Å². The van der Waals surface area contributed by atoms with Crippen LogP contribution >= 0.6 is 0 Å². The second-order valence-electron chi connectivity index (χ2n) is 17.8. The summed E-state index contributed by atoms with van der Waals surface area (Å²) in [6, 6.07) is 0. The smallest absolute Gasteiger partial charge is 0.335 e. The highest BCUT2D eigenvalue weighted by Gasteiger charge is 2.50. The molecule has 0 aromatic heterocycles. The number of aliphatic hydroxyl groups is 2. The average molecular weight is 1020 g/mol. The van der Waals surface area contributed by atoms with Crippen molar-refractivity contribution >= 4 is 23.9 Å². The van der Waals surface area contributed by atoms with Gasteiger partial charge in [-0.2, -0.15) is 0 Å². The fourth-order valence-electron chi connectivity index (χ4n) is 7.17. The Kier molecular flexibility index (Phi) is 43.2. The number of hydrogen-bond donors (Lipinski definition) is 3. The van der Waals surface area contributed by atoms with Crippen molar-refractivity contribution in [2.24, 2.45) is 0 Å². The summed E-state index contributed by atoms with van der Waals surface area (Å²) in [5, 5.41) is 31.3. The van der Waals surface area contributed by atoms with Crippen molar-refractivity contribution in [2.75, 3.05) is 13.2 Å². The SMILES string of the molecule is CC/C=C\C/C=C\C/C=C\C/C=C\C/C=C\C/C=C\CCC(=O)OC1C(OCC(COC(=O)C/C=C\C/C=C\C/C=C\C/C=C\C/C=C\CC)OC(=O)CCCCCCCCCCC)OC(C(=O)O)C(O)C1O. The number of ether oxygens (including phenoxy) is 5. The van der Waals surface area contributed by atoms with Gasteiger partial charge < -0.3 is 39.0 Å². The highest BCUT2D eigenvalue weighted by Crippen LogP contribution is 2.26. The third-order valence-electron chi connectivity index (χ3n) is 11.3. The van der Waals surface area contributed by atoms with Gasteiger partial charge in [-0.15, -0.1) is 0 Å². The summed E-state index contributed by atoms with van der Waals surface area (Å²) < 4.78 is 28.1. The topological polar surface area (TPSA) is 175 Å². The monoisotopic (exact) mass is 1020 g/mol. The summed E-state index contributed by atoms with van der Waals surface area (Å²) in [7, 11) is 0. The maximum absolute atomic E-state index is 13.0. The normalized spacial score (nSPS) is 19.4. The van der Waals surface area contributed by atoms with Crippen LogP contribution in [0.4, 0.5) is 0 Å². The van der Waals surface area contributed by atoms with Gasteiger partial charge in [0.15, 0.2) is 24.6 Å². The minimum absolute atomic E-state index is 0.0276. The van der Waals surface area contributed by atoms with E-state index >= 15 is 0 Å². The van der Waals surface area contributed by atoms with Crippen LogP contribution in [0.1, 0.15) is 175 Å². The zero-order valence-electron chi connectivity index (χ0n) is 44.6. The van der Waals surface area contributed by atoms with E-state index in [0.29, 0.717) is 25.7 Å². The number of carboxylic acid groups (broad SMARTS) is 1. The highest BCUT2D eigenvalue weighted by atomic mass is 16.7. The lowest BCUT2D eigenvalue weighted by molar-refractivity contribution is -0.301. The molecule has 73 heavy (non-hydrogen) atoms. The predicted molar refractivity (Wildman–Crippen MR) is 293 cm³/mol. The maximum atomic E-state index is 13.0. The molecule has 1 saturated heterocycles. The van der Waals surface area contributed by atoms with Crippen molar-refractivity contribution in [3.8, 4) is 0 Å². The number of allylic oxidation sites excluding steroid dienone is 21. The van der Waals surface area contributed by atoms with Crippen LogP contribution in [-0.2, 0) is 42.9 Å². The van der Waals surface area contributed by atoms with Gasteiger partial charge in [0.2, 0.25) is 0 Å². The molecule has 1 rings (SSSR count). The van der Waals surface area contributed by atoms with Crippen molar-refractivity contribution in [1.29, 1.82) is 0 Å². The molecule has 1 aliphatic rings. The number of esters is 3. The Morgan fingerprint density at radius 3 is 1.36 bits per heavy atom. The molecule has 3 N–H and O–H groups in total. The number of rotatable bonds is 43. The Balaban J connectivity index is 2.79. The third kappa shape index (κ3) is 38.2. The van der Waals surface area contributed by atoms with Crippen LogP contribution in [0.3, 0.4) is 0 Å². The van der Waals surface area contributed by atoms with Gasteiger partial charge in [-0.3, -0.25) is 14.4 Å². The Morgan fingerprint density at radius 1 is 0.479 bits per heavy atom. The first-order valence-electron chi connectivity index (χ1n) is 27.2. The van der Waals surface area contributed by atoms with Gasteiger partial charge in [-0.25, -0.2) is 4.79 Å². The van der Waals surface area contributed by atoms with Crippen molar-refractivity contribution in [1.82, 2.24) is 0 Å². The molecule has 0 aliphatic carbocycles. The van der Waals surface area contributed by atoms with E-state index in [1.54, 1.807) is 6.08 Å². The van der Waals surface area contributed by atoms with E-state index in [-0.39, 0.29) is 25.9 Å². The number of hydrogen-bond acceptors (Lipinski definition) is 11. The Morgan fingerprint density at radius 2 is 0.904 bits per heavy atom. The molecule has 1 fully saturated rings. The lowest BCUT2D eigenvalue weighted by Gasteiger charge is -2.40. The molecular formula is C61H92O12. The lowest BCUT2D eigenvalue weighted by atomic mass is 9.98. The van der Waals surface area contributed by atoms with Crippen LogP contribution in [0.2, 0.25) is 0 Å². The number of unbranched alkanes of at least 4 members (excludes halogenated alkanes) is 8. The van der Waals surface area contributed by atoms with Crippen molar-refractivity contribution in [2.45, 2.75) is 212 Å². The van der Waals surface area contributed by atoms with Crippen molar-refractivity contribution in [3.05, 3.63) is 134 Å². The van der Waals surface area contributed by atoms with Gasteiger partial charge in [0.1, 0.15) is 18.8 Å². The van der Waals surface area contributed by atoms with E-state index in [0.717, 1.165) is 83.5 Å². The molecule has 408 valence electrons. The molecule has 0 spiro atoms. The lowest BCUT2D eigenvalue weighted by Crippen LogP contribution is -2.61. The van der Waals surface area contributed by atoms with Gasteiger partial charge in [0.25, 0.3) is 0 Å². The first kappa shape index (κ1) is 65.9. The standard InChI is InChI=1S/C61H92O12/c1-4-7-10-13-16-19-21-23-25-26-27-28-30-32-34-37-40-43-46-49-55(64)72-59-57(66)56(65)58(60(67)68)73-61(59)70-51-52(71-54(63)48-45-42-39-35-18-15-12-9-6-3)50-69-53(62)47-44-41-38-36-33-31-29-24-22-20-17-14-11-8-5-2/h7-8,10-11,16-17,19-20,23-25,27-29,32-34,36,40-41,43-44,52,56-59,61,65-66H,4-6,9,12-15,18,21-22,26,30-31,35,37-39,42,45-51H2,1-3H3,(H,67,68)/b10-7-,11-8-,19-16-,20-17-,25-23-,28-27-,29-24-,34-32-,36-33-,43-40-,44-41-. The van der Waals surface area contributed by atoms with Crippen LogP contribution in [0.15, 0.2) is 134 Å². The van der Waals surface area contributed by atoms with E-state index < -0.39 is 67.3 Å². The molecule has 0 amide bonds. The van der Waals surface area contributed by atoms with Crippen LogP contribution in [0.25, 0.3) is 0 Å². The Hall–Kier alpha value is -5.14. The average Bonchev–Trinajstić information content (AvgIpc) is 3.37. The molecule has 0 radical (unpaired) electrons. The highest BCUT2D eigenvalue weighted by molar-refractivity contribution is 5.74. The van der Waals surface area contributed by atoms with Gasteiger partial charge >= 0.3 is 23.9 Å². The first-order chi connectivity index (χ1) is 35.6. The molecule has 12 heteroatoms. The molecular weight excluding hydrogens is 925 g/mol. The fourth-order valence-corrected chi connectivity index (χ4v) is 7.17. The summed E-state index contributed by atoms with van der Waals surface area (Å²) in [6.45, 7) is 5.58. The zero-order chi connectivity index (χ0) is 53.3. The molecule has 0 bridgehead atoms. The Labute approximate surface area is 439 Å². The van der Waals surface area contributed by atoms with E-state index in [9.17, 15) is 34.5 Å².